The Morgan fingerprint density at radius 1 is 1.36 bits per heavy atom. The van der Waals surface area contributed by atoms with E-state index in [1.807, 2.05) is 24.3 Å². The number of aromatic nitrogens is 4. The molecule has 1 aliphatic rings. The fraction of sp³-hybridized carbons (Fsp3) is 0.176. The van der Waals surface area contributed by atoms with Crippen LogP contribution in [0.25, 0.3) is 11.5 Å². The van der Waals surface area contributed by atoms with Gasteiger partial charge in [0.15, 0.2) is 11.6 Å². The van der Waals surface area contributed by atoms with Gasteiger partial charge in [-0.1, -0.05) is 24.3 Å². The van der Waals surface area contributed by atoms with E-state index in [1.165, 1.54) is 4.68 Å². The lowest BCUT2D eigenvalue weighted by Gasteiger charge is -2.04. The molecule has 0 saturated heterocycles. The molecule has 124 valence electrons. The second-order valence-electron chi connectivity index (χ2n) is 5.89. The van der Waals surface area contributed by atoms with Gasteiger partial charge in [-0.25, -0.2) is 9.67 Å². The van der Waals surface area contributed by atoms with Gasteiger partial charge < -0.3 is 9.68 Å². The van der Waals surface area contributed by atoms with Gasteiger partial charge in [0.05, 0.1) is 6.61 Å². The molecule has 0 atom stereocenters. The van der Waals surface area contributed by atoms with E-state index in [2.05, 4.69) is 15.1 Å². The molecule has 4 rings (SSSR count). The summed E-state index contributed by atoms with van der Waals surface area (Å²) < 4.78 is 6.65. The van der Waals surface area contributed by atoms with Crippen LogP contribution in [-0.2, 0) is 24.7 Å². The molecule has 0 spiro atoms. The average molecular weight is 334 g/mol. The first-order valence-electron chi connectivity index (χ1n) is 7.89. The van der Waals surface area contributed by atoms with Crippen molar-refractivity contribution in [3.8, 4) is 11.5 Å². The number of benzene rings is 1. The number of hydrogen-bond donors (Lipinski definition) is 1. The van der Waals surface area contributed by atoms with Crippen LogP contribution >= 0.6 is 0 Å². The second-order valence-corrected chi connectivity index (χ2v) is 5.89. The van der Waals surface area contributed by atoms with Crippen molar-refractivity contribution >= 4 is 18.4 Å². The van der Waals surface area contributed by atoms with Gasteiger partial charge in [0.2, 0.25) is 5.78 Å². The van der Waals surface area contributed by atoms with Crippen LogP contribution in [0.5, 0.6) is 0 Å². The van der Waals surface area contributed by atoms with Gasteiger partial charge >= 0.3 is 7.12 Å². The summed E-state index contributed by atoms with van der Waals surface area (Å²) in [6.07, 6.45) is 1.83. The highest BCUT2D eigenvalue weighted by molar-refractivity contribution is 6.61. The molecule has 1 N–H and O–H groups in total. The van der Waals surface area contributed by atoms with Crippen molar-refractivity contribution in [1.82, 2.24) is 19.7 Å². The van der Waals surface area contributed by atoms with E-state index in [9.17, 15) is 9.82 Å². The summed E-state index contributed by atoms with van der Waals surface area (Å²) in [5, 5.41) is 14.1. The highest BCUT2D eigenvalue weighted by atomic mass is 16.5. The van der Waals surface area contributed by atoms with Crippen LogP contribution in [0, 0.1) is 0 Å². The molecule has 25 heavy (non-hydrogen) atoms. The van der Waals surface area contributed by atoms with E-state index >= 15 is 0 Å². The van der Waals surface area contributed by atoms with Gasteiger partial charge in [-0.3, -0.25) is 9.78 Å². The molecule has 3 heterocycles. The number of fused-ring (bicyclic) bond motifs is 1. The lowest BCUT2D eigenvalue weighted by atomic mass is 9.78. The third kappa shape index (κ3) is 2.97. The quantitative estimate of drug-likeness (QED) is 0.553. The Balaban J connectivity index is 1.58. The number of ketones is 1. The van der Waals surface area contributed by atoms with Crippen LogP contribution in [0.1, 0.15) is 21.7 Å². The fourth-order valence-electron chi connectivity index (χ4n) is 2.87. The summed E-state index contributed by atoms with van der Waals surface area (Å²) in [6, 6.07) is 11.0. The number of carbonyl (C=O) groups is 1. The maximum absolute atomic E-state index is 12.6. The number of pyridine rings is 1. The maximum Gasteiger partial charge on any atom is 0.491 e. The first-order valence-corrected chi connectivity index (χ1v) is 7.89. The SMILES string of the molecule is Cn1nc(-c2ccccn2)nc1C(=O)Cc1ccc2c(c1)B(O)OC2. The van der Waals surface area contributed by atoms with E-state index < -0.39 is 7.12 Å². The van der Waals surface area contributed by atoms with Crippen molar-refractivity contribution in [2.75, 3.05) is 0 Å². The molecule has 0 radical (unpaired) electrons. The summed E-state index contributed by atoms with van der Waals surface area (Å²) >= 11 is 0. The highest BCUT2D eigenvalue weighted by Crippen LogP contribution is 2.15. The summed E-state index contributed by atoms with van der Waals surface area (Å²) in [7, 11) is 0.767. The number of nitrogens with zero attached hydrogens (tertiary/aromatic N) is 4. The van der Waals surface area contributed by atoms with Crippen molar-refractivity contribution in [2.45, 2.75) is 13.0 Å². The second kappa shape index (κ2) is 6.23. The zero-order valence-electron chi connectivity index (χ0n) is 13.6. The minimum Gasteiger partial charge on any atom is -0.423 e. The van der Waals surface area contributed by atoms with Gasteiger partial charge in [0.1, 0.15) is 5.69 Å². The van der Waals surface area contributed by atoms with Crippen molar-refractivity contribution in [3.05, 3.63) is 59.5 Å². The van der Waals surface area contributed by atoms with Crippen molar-refractivity contribution in [3.63, 3.8) is 0 Å². The number of carbonyl (C=O) groups excluding carboxylic acids is 1. The van der Waals surface area contributed by atoms with E-state index in [0.717, 1.165) is 16.6 Å². The Morgan fingerprint density at radius 2 is 2.24 bits per heavy atom. The predicted octanol–water partition coefficient (Wildman–Crippen LogP) is 0.520. The molecule has 8 heteroatoms. The van der Waals surface area contributed by atoms with Crippen LogP contribution in [-0.4, -0.2) is 37.7 Å². The van der Waals surface area contributed by atoms with Gasteiger partial charge in [-0.05, 0) is 28.7 Å². The Labute approximate surface area is 144 Å². The normalized spacial score (nSPS) is 13.1. The number of aryl methyl sites for hydroxylation is 1. The Bertz CT molecular complexity index is 942. The van der Waals surface area contributed by atoms with E-state index in [-0.39, 0.29) is 18.0 Å². The lowest BCUT2D eigenvalue weighted by Crippen LogP contribution is -2.28. The predicted molar refractivity (Wildman–Crippen MR) is 91.1 cm³/mol. The molecular formula is C17H15BN4O3. The van der Waals surface area contributed by atoms with E-state index in [0.29, 0.717) is 18.1 Å². The molecule has 0 aliphatic carbocycles. The average Bonchev–Trinajstić information content (AvgIpc) is 3.19. The topological polar surface area (TPSA) is 90.1 Å². The van der Waals surface area contributed by atoms with Gasteiger partial charge in [0, 0.05) is 19.7 Å². The van der Waals surface area contributed by atoms with Gasteiger partial charge in [0.25, 0.3) is 0 Å². The fourth-order valence-corrected chi connectivity index (χ4v) is 2.87. The minimum atomic E-state index is -0.921. The van der Waals surface area contributed by atoms with Crippen molar-refractivity contribution in [1.29, 1.82) is 0 Å². The molecule has 3 aromatic rings. The molecule has 1 aliphatic heterocycles. The van der Waals surface area contributed by atoms with Crippen LogP contribution in [0.15, 0.2) is 42.6 Å². The van der Waals surface area contributed by atoms with E-state index in [1.54, 1.807) is 25.4 Å². The zero-order valence-corrected chi connectivity index (χ0v) is 13.6. The van der Waals surface area contributed by atoms with Crippen molar-refractivity contribution in [2.24, 2.45) is 7.05 Å². The van der Waals surface area contributed by atoms with Crippen LogP contribution < -0.4 is 5.46 Å². The van der Waals surface area contributed by atoms with Crippen LogP contribution in [0.4, 0.5) is 0 Å². The van der Waals surface area contributed by atoms with Gasteiger partial charge in [-0.2, -0.15) is 0 Å². The third-order valence-electron chi connectivity index (χ3n) is 4.14. The summed E-state index contributed by atoms with van der Waals surface area (Å²) in [5.41, 5.74) is 3.09. The first-order chi connectivity index (χ1) is 12.1. The van der Waals surface area contributed by atoms with Crippen LogP contribution in [0.3, 0.4) is 0 Å². The minimum absolute atomic E-state index is 0.148. The first kappa shape index (κ1) is 15.7. The van der Waals surface area contributed by atoms with E-state index in [4.69, 9.17) is 4.65 Å². The number of Topliss-reactive ketones (excluding diaryl/α,β-unsaturated/α-hetero) is 1. The Hall–Kier alpha value is -2.84. The summed E-state index contributed by atoms with van der Waals surface area (Å²) in [4.78, 5) is 21.2. The Kier molecular flexibility index (Phi) is 3.91. The molecule has 0 saturated carbocycles. The van der Waals surface area contributed by atoms with Gasteiger partial charge in [-0.15, -0.1) is 5.10 Å². The van der Waals surface area contributed by atoms with Crippen molar-refractivity contribution < 1.29 is 14.5 Å². The molecule has 1 aromatic carbocycles. The number of hydrogen-bond acceptors (Lipinski definition) is 6. The monoisotopic (exact) mass is 334 g/mol. The molecule has 2 aromatic heterocycles. The largest absolute Gasteiger partial charge is 0.491 e. The molecule has 7 nitrogen and oxygen atoms in total. The summed E-state index contributed by atoms with van der Waals surface area (Å²) in [5.74, 6) is 0.549. The van der Waals surface area contributed by atoms with Crippen LogP contribution in [0.2, 0.25) is 0 Å². The standard InChI is InChI=1S/C17H15BN4O3/c1-22-17(20-16(21-22)14-4-2-3-7-19-14)15(23)9-11-5-6-12-10-25-18(24)13(12)8-11/h2-8,24H,9-10H2,1H3. The molecule has 0 fully saturated rings. The highest BCUT2D eigenvalue weighted by Gasteiger charge is 2.27. The molecule has 0 unspecified atom stereocenters. The Morgan fingerprint density at radius 3 is 3.04 bits per heavy atom. The smallest absolute Gasteiger partial charge is 0.423 e. The zero-order chi connectivity index (χ0) is 17.4. The number of rotatable bonds is 4. The lowest BCUT2D eigenvalue weighted by molar-refractivity contribution is 0.0979. The molecule has 0 amide bonds. The molecular weight excluding hydrogens is 319 g/mol. The maximum atomic E-state index is 12.6. The summed E-state index contributed by atoms with van der Waals surface area (Å²) in [6.45, 7) is 0.390. The third-order valence-corrected chi connectivity index (χ3v) is 4.14. The molecule has 0 bridgehead atoms.